The zero-order valence-corrected chi connectivity index (χ0v) is 13.1. The monoisotopic (exact) mass is 356 g/mol. The molecule has 21 heavy (non-hydrogen) atoms. The van der Waals surface area contributed by atoms with Gasteiger partial charge in [-0.2, -0.15) is 5.26 Å². The minimum atomic E-state index is 0.242. The Morgan fingerprint density at radius 1 is 1.19 bits per heavy atom. The van der Waals surface area contributed by atoms with Crippen LogP contribution in [0.3, 0.4) is 0 Å². The molecule has 3 heterocycles. The molecule has 0 aliphatic heterocycles. The maximum atomic E-state index is 9.34. The van der Waals surface area contributed by atoms with Gasteiger partial charge in [0, 0.05) is 28.4 Å². The summed E-state index contributed by atoms with van der Waals surface area (Å²) in [6.07, 6.45) is 3.40. The van der Waals surface area contributed by atoms with Crippen molar-refractivity contribution in [3.8, 4) is 27.8 Å². The van der Waals surface area contributed by atoms with E-state index in [9.17, 15) is 5.26 Å². The highest BCUT2D eigenvalue weighted by Gasteiger charge is 2.14. The molecule has 3 aromatic rings. The largest absolute Gasteiger partial charge is 0.383 e. The van der Waals surface area contributed by atoms with Crippen molar-refractivity contribution in [1.29, 1.82) is 5.26 Å². The summed E-state index contributed by atoms with van der Waals surface area (Å²) in [6.45, 7) is 0. The molecular weight excluding hydrogens is 348 g/mol. The maximum Gasteiger partial charge on any atom is 0.142 e. The fourth-order valence-electron chi connectivity index (χ4n) is 2.01. The number of nitriles is 1. The van der Waals surface area contributed by atoms with Crippen molar-refractivity contribution < 1.29 is 0 Å². The molecule has 2 N–H and O–H groups in total. The molecule has 4 nitrogen and oxygen atoms in total. The van der Waals surface area contributed by atoms with Crippen LogP contribution in [-0.2, 0) is 0 Å². The average molecular weight is 357 g/mol. The molecule has 0 atom stereocenters. The fourth-order valence-corrected chi connectivity index (χ4v) is 3.41. The molecule has 0 bridgehead atoms. The van der Waals surface area contributed by atoms with Gasteiger partial charge in [0.15, 0.2) is 0 Å². The number of hydrogen-bond donors (Lipinski definition) is 1. The van der Waals surface area contributed by atoms with Gasteiger partial charge in [-0.15, -0.1) is 11.3 Å². The van der Waals surface area contributed by atoms with Crippen LogP contribution in [0.25, 0.3) is 21.7 Å². The first-order valence-corrected chi connectivity index (χ1v) is 7.66. The highest BCUT2D eigenvalue weighted by atomic mass is 79.9. The van der Waals surface area contributed by atoms with Crippen molar-refractivity contribution >= 4 is 33.1 Å². The molecule has 0 unspecified atom stereocenters. The maximum absolute atomic E-state index is 9.34. The van der Waals surface area contributed by atoms with Gasteiger partial charge in [0.05, 0.1) is 9.48 Å². The van der Waals surface area contributed by atoms with Crippen molar-refractivity contribution in [2.75, 3.05) is 5.73 Å². The van der Waals surface area contributed by atoms with Gasteiger partial charge in [0.25, 0.3) is 0 Å². The van der Waals surface area contributed by atoms with Gasteiger partial charge < -0.3 is 5.73 Å². The molecule has 0 spiro atoms. The average Bonchev–Trinajstić information content (AvgIpc) is 2.94. The van der Waals surface area contributed by atoms with Crippen LogP contribution >= 0.6 is 27.3 Å². The number of nitrogen functional groups attached to an aromatic ring is 1. The van der Waals surface area contributed by atoms with Crippen LogP contribution < -0.4 is 5.73 Å². The highest BCUT2D eigenvalue weighted by Crippen LogP contribution is 2.36. The lowest BCUT2D eigenvalue weighted by atomic mass is 10.0. The molecule has 0 aliphatic carbocycles. The lowest BCUT2D eigenvalue weighted by Crippen LogP contribution is -1.99. The molecule has 0 radical (unpaired) electrons. The first kappa shape index (κ1) is 13.7. The summed E-state index contributed by atoms with van der Waals surface area (Å²) in [7, 11) is 0. The van der Waals surface area contributed by atoms with E-state index in [-0.39, 0.29) is 5.82 Å². The van der Waals surface area contributed by atoms with Crippen LogP contribution in [0.4, 0.5) is 5.82 Å². The van der Waals surface area contributed by atoms with Crippen LogP contribution in [0.5, 0.6) is 0 Å². The zero-order chi connectivity index (χ0) is 14.8. The van der Waals surface area contributed by atoms with Gasteiger partial charge in [-0.3, -0.25) is 4.98 Å². The standard InChI is InChI=1S/C15H9BrN4S/c16-14-2-1-13(21-14)10-7-12(9-3-5-19-6-4-9)20-15(18)11(10)8-17/h1-7H,(H2,18,20). The number of rotatable bonds is 2. The number of nitrogens with zero attached hydrogens (tertiary/aromatic N) is 3. The summed E-state index contributed by atoms with van der Waals surface area (Å²) < 4.78 is 1.00. The summed E-state index contributed by atoms with van der Waals surface area (Å²) in [5, 5.41) is 9.34. The van der Waals surface area contributed by atoms with Crippen LogP contribution in [0.15, 0.2) is 46.5 Å². The Kier molecular flexibility index (Phi) is 3.69. The van der Waals surface area contributed by atoms with E-state index in [2.05, 4.69) is 32.0 Å². The van der Waals surface area contributed by atoms with Crippen molar-refractivity contribution in [3.63, 3.8) is 0 Å². The second-order valence-electron chi connectivity index (χ2n) is 4.27. The number of hydrogen-bond acceptors (Lipinski definition) is 5. The van der Waals surface area contributed by atoms with E-state index >= 15 is 0 Å². The molecule has 102 valence electrons. The van der Waals surface area contributed by atoms with Gasteiger partial charge >= 0.3 is 0 Å². The summed E-state index contributed by atoms with van der Waals surface area (Å²) >= 11 is 4.99. The molecule has 3 rings (SSSR count). The smallest absolute Gasteiger partial charge is 0.142 e. The molecular formula is C15H9BrN4S. The second kappa shape index (κ2) is 5.64. The first-order valence-electron chi connectivity index (χ1n) is 6.06. The predicted octanol–water partition coefficient (Wildman–Crippen LogP) is 4.09. The Morgan fingerprint density at radius 2 is 1.95 bits per heavy atom. The normalized spacial score (nSPS) is 10.3. The van der Waals surface area contributed by atoms with Crippen molar-refractivity contribution in [2.24, 2.45) is 0 Å². The molecule has 0 fully saturated rings. The Labute approximate surface area is 134 Å². The highest BCUT2D eigenvalue weighted by molar-refractivity contribution is 9.11. The van der Waals surface area contributed by atoms with E-state index < -0.39 is 0 Å². The van der Waals surface area contributed by atoms with Crippen LogP contribution in [0.2, 0.25) is 0 Å². The summed E-state index contributed by atoms with van der Waals surface area (Å²) in [6, 6.07) is 11.7. The Bertz CT molecular complexity index is 837. The molecule has 0 amide bonds. The van der Waals surface area contributed by atoms with E-state index in [1.54, 1.807) is 23.7 Å². The van der Waals surface area contributed by atoms with Crippen LogP contribution in [0, 0.1) is 11.3 Å². The van der Waals surface area contributed by atoms with Crippen LogP contribution in [-0.4, -0.2) is 9.97 Å². The predicted molar refractivity (Wildman–Crippen MR) is 87.6 cm³/mol. The van der Waals surface area contributed by atoms with E-state index in [0.29, 0.717) is 5.56 Å². The van der Waals surface area contributed by atoms with E-state index in [1.165, 1.54) is 0 Å². The Morgan fingerprint density at radius 3 is 2.57 bits per heavy atom. The third-order valence-electron chi connectivity index (χ3n) is 2.97. The lowest BCUT2D eigenvalue weighted by Gasteiger charge is -2.08. The van der Waals surface area contributed by atoms with Gasteiger partial charge in [0.2, 0.25) is 0 Å². The molecule has 0 aliphatic rings. The lowest BCUT2D eigenvalue weighted by molar-refractivity contribution is 1.28. The van der Waals surface area contributed by atoms with Crippen LogP contribution in [0.1, 0.15) is 5.56 Å². The molecule has 0 aromatic carbocycles. The van der Waals surface area contributed by atoms with Gasteiger partial charge in [-0.1, -0.05) is 0 Å². The second-order valence-corrected chi connectivity index (χ2v) is 6.73. The molecule has 6 heteroatoms. The fraction of sp³-hybridized carbons (Fsp3) is 0. The number of anilines is 1. The number of aromatic nitrogens is 2. The van der Waals surface area contributed by atoms with Gasteiger partial charge in [-0.05, 0) is 46.3 Å². The molecule has 3 aromatic heterocycles. The SMILES string of the molecule is N#Cc1c(-c2ccc(Br)s2)cc(-c2ccncc2)nc1N. The van der Waals surface area contributed by atoms with E-state index in [1.807, 2.05) is 30.3 Å². The molecule has 0 saturated carbocycles. The van der Waals surface area contributed by atoms with E-state index in [0.717, 1.165) is 25.5 Å². The van der Waals surface area contributed by atoms with Gasteiger partial charge in [0.1, 0.15) is 17.5 Å². The zero-order valence-electron chi connectivity index (χ0n) is 10.7. The van der Waals surface area contributed by atoms with E-state index in [4.69, 9.17) is 5.73 Å². The third kappa shape index (κ3) is 2.66. The van der Waals surface area contributed by atoms with Crippen molar-refractivity contribution in [3.05, 3.63) is 52.1 Å². The van der Waals surface area contributed by atoms with Crippen molar-refractivity contribution in [1.82, 2.24) is 9.97 Å². The van der Waals surface area contributed by atoms with Gasteiger partial charge in [-0.25, -0.2) is 4.98 Å². The number of pyridine rings is 2. The minimum absolute atomic E-state index is 0.242. The molecule has 0 saturated heterocycles. The minimum Gasteiger partial charge on any atom is -0.383 e. The number of thiophene rings is 1. The topological polar surface area (TPSA) is 75.6 Å². The number of halogens is 1. The summed E-state index contributed by atoms with van der Waals surface area (Å²) in [5.74, 6) is 0.242. The number of nitrogens with two attached hydrogens (primary N) is 1. The third-order valence-corrected chi connectivity index (χ3v) is 4.63. The van der Waals surface area contributed by atoms with Crippen molar-refractivity contribution in [2.45, 2.75) is 0 Å². The Balaban J connectivity index is 2.23. The Hall–Kier alpha value is -2.23. The first-order chi connectivity index (χ1) is 10.2. The quantitative estimate of drug-likeness (QED) is 0.750. The summed E-state index contributed by atoms with van der Waals surface area (Å²) in [4.78, 5) is 9.30. The summed E-state index contributed by atoms with van der Waals surface area (Å²) in [5.41, 5.74) is 8.81.